The molecule has 0 atom stereocenters. The molecule has 1 heterocycles. The predicted molar refractivity (Wildman–Crippen MR) is 66.8 cm³/mol. The maximum Gasteiger partial charge on any atom is 0.160 e. The van der Waals surface area contributed by atoms with E-state index in [2.05, 4.69) is 9.97 Å². The van der Waals surface area contributed by atoms with Crippen molar-refractivity contribution in [3.8, 4) is 17.5 Å². The highest BCUT2D eigenvalue weighted by molar-refractivity contribution is 6.36. The Kier molecular flexibility index (Phi) is 3.58. The van der Waals surface area contributed by atoms with E-state index >= 15 is 0 Å². The molecule has 0 radical (unpaired) electrons. The van der Waals surface area contributed by atoms with E-state index in [0.717, 1.165) is 11.1 Å². The minimum absolute atomic E-state index is 0.300. The fourth-order valence-electron chi connectivity index (χ4n) is 1.35. The molecule has 0 aliphatic rings. The lowest BCUT2D eigenvalue weighted by Gasteiger charge is -2.03. The third-order valence-electron chi connectivity index (χ3n) is 2.16. The zero-order valence-electron chi connectivity index (χ0n) is 8.69. The minimum Gasteiger partial charge on any atom is -0.236 e. The van der Waals surface area contributed by atoms with Crippen LogP contribution in [0.3, 0.4) is 0 Å². The van der Waals surface area contributed by atoms with Crippen molar-refractivity contribution >= 4 is 23.2 Å². The summed E-state index contributed by atoms with van der Waals surface area (Å²) >= 11 is 11.9. The molecule has 0 bridgehead atoms. The summed E-state index contributed by atoms with van der Waals surface area (Å²) in [7, 11) is 0. The van der Waals surface area contributed by atoms with E-state index in [-0.39, 0.29) is 0 Å². The molecular weight excluding hydrogens is 257 g/mol. The summed E-state index contributed by atoms with van der Waals surface area (Å²) in [5.41, 5.74) is 1.50. The van der Waals surface area contributed by atoms with Gasteiger partial charge in [0.1, 0.15) is 0 Å². The molecule has 84 valence electrons. The average molecular weight is 264 g/mol. The van der Waals surface area contributed by atoms with Gasteiger partial charge < -0.3 is 0 Å². The summed E-state index contributed by atoms with van der Waals surface area (Å²) in [6, 6.07) is 7.18. The van der Waals surface area contributed by atoms with Crippen LogP contribution in [0.1, 0.15) is 5.56 Å². The second-order valence-corrected chi connectivity index (χ2v) is 4.22. The van der Waals surface area contributed by atoms with Gasteiger partial charge in [0.2, 0.25) is 0 Å². The Morgan fingerprint density at radius 3 is 2.47 bits per heavy atom. The highest BCUT2D eigenvalue weighted by Crippen LogP contribution is 2.27. The van der Waals surface area contributed by atoms with Crippen molar-refractivity contribution in [1.29, 1.82) is 5.26 Å². The molecule has 0 saturated carbocycles. The average Bonchev–Trinajstić information content (AvgIpc) is 2.31. The smallest absolute Gasteiger partial charge is 0.160 e. The minimum atomic E-state index is 0.300. The van der Waals surface area contributed by atoms with E-state index in [1.54, 1.807) is 30.6 Å². The third-order valence-corrected chi connectivity index (χ3v) is 2.71. The SMILES string of the molecule is N#CCc1cnc(-c2ccc(Cl)cc2Cl)nc1. The lowest BCUT2D eigenvalue weighted by atomic mass is 10.2. The Morgan fingerprint density at radius 1 is 1.18 bits per heavy atom. The largest absolute Gasteiger partial charge is 0.236 e. The molecule has 0 saturated heterocycles. The maximum absolute atomic E-state index is 8.54. The van der Waals surface area contributed by atoms with Gasteiger partial charge in [-0.15, -0.1) is 0 Å². The maximum atomic E-state index is 8.54. The molecule has 0 N–H and O–H groups in total. The molecule has 5 heteroatoms. The Morgan fingerprint density at radius 2 is 1.88 bits per heavy atom. The van der Waals surface area contributed by atoms with Crippen LogP contribution in [0.2, 0.25) is 10.0 Å². The summed E-state index contributed by atoms with van der Waals surface area (Å²) in [4.78, 5) is 8.34. The monoisotopic (exact) mass is 263 g/mol. The number of benzene rings is 1. The molecular formula is C12H7Cl2N3. The molecule has 0 unspecified atom stereocenters. The summed E-state index contributed by atoms with van der Waals surface area (Å²) in [6.45, 7) is 0. The molecule has 0 amide bonds. The summed E-state index contributed by atoms with van der Waals surface area (Å²) in [5.74, 6) is 0.522. The number of nitrogens with zero attached hydrogens (tertiary/aromatic N) is 3. The molecule has 0 aliphatic heterocycles. The lowest BCUT2D eigenvalue weighted by molar-refractivity contribution is 1.10. The predicted octanol–water partition coefficient (Wildman–Crippen LogP) is 3.52. The van der Waals surface area contributed by atoms with Gasteiger partial charge in [-0.2, -0.15) is 5.26 Å². The quantitative estimate of drug-likeness (QED) is 0.833. The summed E-state index contributed by atoms with van der Waals surface area (Å²) in [5, 5.41) is 9.61. The molecule has 2 rings (SSSR count). The van der Waals surface area contributed by atoms with E-state index in [1.807, 2.05) is 6.07 Å². The number of hydrogen-bond acceptors (Lipinski definition) is 3. The van der Waals surface area contributed by atoms with Gasteiger partial charge in [-0.1, -0.05) is 23.2 Å². The molecule has 17 heavy (non-hydrogen) atoms. The van der Waals surface area contributed by atoms with E-state index in [0.29, 0.717) is 22.3 Å². The van der Waals surface area contributed by atoms with Gasteiger partial charge in [0, 0.05) is 28.5 Å². The molecule has 0 spiro atoms. The van der Waals surface area contributed by atoms with E-state index in [1.165, 1.54) is 0 Å². The Labute approximate surface area is 109 Å². The van der Waals surface area contributed by atoms with Crippen LogP contribution in [0.5, 0.6) is 0 Å². The van der Waals surface area contributed by atoms with Crippen molar-refractivity contribution in [2.45, 2.75) is 6.42 Å². The van der Waals surface area contributed by atoms with Gasteiger partial charge in [0.25, 0.3) is 0 Å². The first-order chi connectivity index (χ1) is 8.20. The van der Waals surface area contributed by atoms with Crippen LogP contribution in [0, 0.1) is 11.3 Å². The lowest BCUT2D eigenvalue weighted by Crippen LogP contribution is -1.92. The van der Waals surface area contributed by atoms with Crippen LogP contribution >= 0.6 is 23.2 Å². The zero-order chi connectivity index (χ0) is 12.3. The van der Waals surface area contributed by atoms with Crippen LogP contribution in [-0.2, 0) is 6.42 Å². The van der Waals surface area contributed by atoms with E-state index in [9.17, 15) is 0 Å². The number of hydrogen-bond donors (Lipinski definition) is 0. The first-order valence-electron chi connectivity index (χ1n) is 4.84. The van der Waals surface area contributed by atoms with Gasteiger partial charge in [0.05, 0.1) is 17.5 Å². The second-order valence-electron chi connectivity index (χ2n) is 3.37. The van der Waals surface area contributed by atoms with E-state index in [4.69, 9.17) is 28.5 Å². The standard InChI is InChI=1S/C12H7Cl2N3/c13-9-1-2-10(11(14)5-9)12-16-6-8(3-4-15)7-17-12/h1-2,5-7H,3H2. The number of halogens is 2. The van der Waals surface area contributed by atoms with Gasteiger partial charge in [-0.3, -0.25) is 0 Å². The van der Waals surface area contributed by atoms with Crippen LogP contribution in [-0.4, -0.2) is 9.97 Å². The third kappa shape index (κ3) is 2.73. The Hall–Kier alpha value is -1.63. The molecule has 2 aromatic rings. The number of aromatic nitrogens is 2. The van der Waals surface area contributed by atoms with E-state index < -0.39 is 0 Å². The van der Waals surface area contributed by atoms with Gasteiger partial charge in [-0.05, 0) is 18.2 Å². The topological polar surface area (TPSA) is 49.6 Å². The van der Waals surface area contributed by atoms with Crippen molar-refractivity contribution in [2.24, 2.45) is 0 Å². The van der Waals surface area contributed by atoms with Gasteiger partial charge in [0.15, 0.2) is 5.82 Å². The molecule has 1 aromatic carbocycles. The zero-order valence-corrected chi connectivity index (χ0v) is 10.2. The fraction of sp³-hybridized carbons (Fsp3) is 0.0833. The Balaban J connectivity index is 2.37. The summed E-state index contributed by atoms with van der Waals surface area (Å²) in [6.07, 6.45) is 3.54. The highest BCUT2D eigenvalue weighted by Gasteiger charge is 2.06. The molecule has 1 aromatic heterocycles. The molecule has 0 aliphatic carbocycles. The Bertz CT molecular complexity index is 573. The van der Waals surface area contributed by atoms with Crippen LogP contribution in [0.4, 0.5) is 0 Å². The fourth-order valence-corrected chi connectivity index (χ4v) is 1.84. The molecule has 3 nitrogen and oxygen atoms in total. The van der Waals surface area contributed by atoms with Crippen molar-refractivity contribution in [1.82, 2.24) is 9.97 Å². The van der Waals surface area contributed by atoms with Gasteiger partial charge in [-0.25, -0.2) is 9.97 Å². The first-order valence-corrected chi connectivity index (χ1v) is 5.59. The van der Waals surface area contributed by atoms with Crippen molar-refractivity contribution < 1.29 is 0 Å². The van der Waals surface area contributed by atoms with Crippen molar-refractivity contribution in [2.75, 3.05) is 0 Å². The van der Waals surface area contributed by atoms with Crippen LogP contribution in [0.15, 0.2) is 30.6 Å². The number of nitriles is 1. The summed E-state index contributed by atoms with van der Waals surface area (Å²) < 4.78 is 0. The van der Waals surface area contributed by atoms with Crippen molar-refractivity contribution in [3.63, 3.8) is 0 Å². The second kappa shape index (κ2) is 5.13. The van der Waals surface area contributed by atoms with Crippen LogP contribution in [0.25, 0.3) is 11.4 Å². The van der Waals surface area contributed by atoms with Gasteiger partial charge >= 0.3 is 0 Å². The highest BCUT2D eigenvalue weighted by atomic mass is 35.5. The first kappa shape index (κ1) is 11.8. The number of rotatable bonds is 2. The normalized spacial score (nSPS) is 9.94. The molecule has 0 fully saturated rings. The van der Waals surface area contributed by atoms with Crippen molar-refractivity contribution in [3.05, 3.63) is 46.2 Å². The van der Waals surface area contributed by atoms with Crippen LogP contribution < -0.4 is 0 Å².